The highest BCUT2D eigenvalue weighted by Gasteiger charge is 2.29. The van der Waals surface area contributed by atoms with Crippen LogP contribution in [-0.4, -0.2) is 19.2 Å². The Balaban J connectivity index is 0. The molecule has 0 unspecified atom stereocenters. The van der Waals surface area contributed by atoms with Gasteiger partial charge in [-0.2, -0.15) is 0 Å². The smallest absolute Gasteiger partial charge is 0.253 e. The second-order valence-corrected chi connectivity index (χ2v) is 21.0. The van der Waals surface area contributed by atoms with Gasteiger partial charge in [-0.1, -0.05) is 210 Å². The third-order valence-corrected chi connectivity index (χ3v) is 14.1. The van der Waals surface area contributed by atoms with Gasteiger partial charge in [0.05, 0.1) is 10.4 Å². The SMILES string of the molecule is C=CC(C)(C)C.C=O.CCCCCC.CCCCCCCCCCC/C=C(\S)c1cc(CCCCC)c(-c2sc(C(C)(C)C)c(C)c2C(=O)NCCCCCCCC)s1. The highest BCUT2D eigenvalue weighted by Crippen LogP contribution is 2.47. The van der Waals surface area contributed by atoms with Gasteiger partial charge in [-0.05, 0) is 67.1 Å². The lowest BCUT2D eigenvalue weighted by molar-refractivity contribution is -0.0980. The molecule has 0 aliphatic carbocycles. The molecule has 342 valence electrons. The van der Waals surface area contributed by atoms with Gasteiger partial charge in [-0.3, -0.25) is 4.79 Å². The molecule has 3 nitrogen and oxygen atoms in total. The largest absolute Gasteiger partial charge is 0.352 e. The topological polar surface area (TPSA) is 46.2 Å². The van der Waals surface area contributed by atoms with Crippen molar-refractivity contribution in [2.24, 2.45) is 5.41 Å². The summed E-state index contributed by atoms with van der Waals surface area (Å²) in [7, 11) is 0. The van der Waals surface area contributed by atoms with Gasteiger partial charge in [0.25, 0.3) is 5.91 Å². The number of amides is 1. The summed E-state index contributed by atoms with van der Waals surface area (Å²) in [5, 5.41) is 3.31. The summed E-state index contributed by atoms with van der Waals surface area (Å²) in [6, 6.07) is 2.38. The van der Waals surface area contributed by atoms with Crippen LogP contribution in [0, 0.1) is 12.3 Å². The van der Waals surface area contributed by atoms with E-state index in [1.54, 1.807) is 0 Å². The molecule has 0 aliphatic rings. The van der Waals surface area contributed by atoms with Crippen molar-refractivity contribution < 1.29 is 9.59 Å². The number of rotatable bonds is 27. The first-order valence-corrected chi connectivity index (χ1v) is 26.1. The lowest BCUT2D eigenvalue weighted by atomic mass is 9.90. The molecule has 0 fully saturated rings. The molecular formula is C53H95NO2S3. The van der Waals surface area contributed by atoms with Crippen molar-refractivity contribution in [2.45, 2.75) is 243 Å². The number of nitrogens with one attached hydrogen (secondary N) is 1. The van der Waals surface area contributed by atoms with Gasteiger partial charge in [0.15, 0.2) is 0 Å². The lowest BCUT2D eigenvalue weighted by Gasteiger charge is -2.17. The highest BCUT2D eigenvalue weighted by molar-refractivity contribution is 7.90. The molecule has 0 saturated carbocycles. The minimum Gasteiger partial charge on any atom is -0.352 e. The van der Waals surface area contributed by atoms with Crippen LogP contribution in [0.3, 0.4) is 0 Å². The number of carbonyl (C=O) groups excluding carboxylic acids is 2. The van der Waals surface area contributed by atoms with Gasteiger partial charge in [0, 0.05) is 26.1 Å². The summed E-state index contributed by atoms with van der Waals surface area (Å²) in [6.07, 6.45) is 35.1. The molecule has 2 aromatic rings. The predicted molar refractivity (Wildman–Crippen MR) is 275 cm³/mol. The molecule has 2 aromatic heterocycles. The molecule has 0 aromatic carbocycles. The minimum absolute atomic E-state index is 0.00606. The molecule has 1 N–H and O–H groups in total. The van der Waals surface area contributed by atoms with Crippen LogP contribution in [0.15, 0.2) is 24.8 Å². The van der Waals surface area contributed by atoms with E-state index < -0.39 is 0 Å². The molecule has 1 amide bonds. The standard InChI is InChI=1S/C40H67NOS3.C6H12.C6H14.CH2O/c1-8-11-14-16-18-19-20-21-22-25-28-33(43)34-30-32(27-24-13-10-3)36(44-34)37-35(31(4)38(45-37)40(5,6)7)39(42)41-29-26-23-17-15-12-9-2;1-5-6(2,3)4;1-3-5-6-4-2;1-2/h28,30,43H,8-27,29H2,1-7H3,(H,41,42);5H,1H2,2-4H3;3-6H2,1-2H3;1H2/b33-28-;;;. The summed E-state index contributed by atoms with van der Waals surface area (Å²) in [6.45, 7) is 33.0. The van der Waals surface area contributed by atoms with Gasteiger partial charge < -0.3 is 10.1 Å². The van der Waals surface area contributed by atoms with Gasteiger partial charge in [0.2, 0.25) is 0 Å². The fraction of sp³-hybridized carbons (Fsp3) is 0.736. The van der Waals surface area contributed by atoms with Crippen molar-refractivity contribution in [2.75, 3.05) is 6.54 Å². The van der Waals surface area contributed by atoms with Gasteiger partial charge in [0.1, 0.15) is 6.79 Å². The Kier molecular flexibility index (Phi) is 37.3. The normalized spacial score (nSPS) is 11.5. The number of thiol groups is 1. The lowest BCUT2D eigenvalue weighted by Crippen LogP contribution is -2.25. The predicted octanol–water partition coefficient (Wildman–Crippen LogP) is 18.7. The zero-order chi connectivity index (χ0) is 45.1. The van der Waals surface area contributed by atoms with Crippen molar-refractivity contribution in [3.8, 4) is 9.75 Å². The molecule has 0 atom stereocenters. The van der Waals surface area contributed by atoms with E-state index in [1.165, 1.54) is 160 Å². The van der Waals surface area contributed by atoms with E-state index in [9.17, 15) is 4.79 Å². The molecular weight excluding hydrogens is 779 g/mol. The highest BCUT2D eigenvalue weighted by atomic mass is 32.1. The van der Waals surface area contributed by atoms with Gasteiger partial charge in [-0.25, -0.2) is 0 Å². The average Bonchev–Trinajstić information content (AvgIpc) is 3.79. The first-order valence-electron chi connectivity index (χ1n) is 24.0. The minimum atomic E-state index is -0.00606. The zero-order valence-corrected chi connectivity index (χ0v) is 43.4. The second kappa shape index (κ2) is 37.0. The van der Waals surface area contributed by atoms with Crippen LogP contribution in [-0.2, 0) is 16.6 Å². The van der Waals surface area contributed by atoms with Crippen LogP contribution < -0.4 is 5.32 Å². The van der Waals surface area contributed by atoms with Crippen LogP contribution in [0.5, 0.6) is 0 Å². The molecule has 2 heterocycles. The average molecular weight is 875 g/mol. The summed E-state index contributed by atoms with van der Waals surface area (Å²) < 4.78 is 0. The number of aryl methyl sites for hydroxylation is 1. The molecule has 59 heavy (non-hydrogen) atoms. The maximum absolute atomic E-state index is 13.8. The van der Waals surface area contributed by atoms with Crippen molar-refractivity contribution >= 4 is 52.9 Å². The van der Waals surface area contributed by atoms with Crippen LogP contribution in [0.4, 0.5) is 0 Å². The third-order valence-electron chi connectivity index (χ3n) is 10.4. The van der Waals surface area contributed by atoms with E-state index in [0.717, 1.165) is 41.8 Å². The molecule has 2 rings (SSSR count). The van der Waals surface area contributed by atoms with Crippen LogP contribution in [0.1, 0.15) is 255 Å². The van der Waals surface area contributed by atoms with E-state index >= 15 is 0 Å². The first-order chi connectivity index (χ1) is 28.1. The Morgan fingerprint density at radius 3 is 1.54 bits per heavy atom. The summed E-state index contributed by atoms with van der Waals surface area (Å²) in [5.74, 6) is 0.101. The molecule has 0 spiro atoms. The van der Waals surface area contributed by atoms with Crippen molar-refractivity contribution in [1.29, 1.82) is 0 Å². The Hall–Kier alpha value is -1.63. The number of unbranched alkanes of at least 4 members (excludes halogenated alkanes) is 19. The van der Waals surface area contributed by atoms with Crippen LogP contribution >= 0.6 is 35.3 Å². The second-order valence-electron chi connectivity index (χ2n) is 18.4. The third kappa shape index (κ3) is 28.6. The number of hydrogen-bond acceptors (Lipinski definition) is 5. The molecule has 0 bridgehead atoms. The quantitative estimate of drug-likeness (QED) is 0.0534. The van der Waals surface area contributed by atoms with Crippen molar-refractivity contribution in [3.63, 3.8) is 0 Å². The number of carbonyl (C=O) groups is 2. The first kappa shape index (κ1) is 59.5. The van der Waals surface area contributed by atoms with Crippen molar-refractivity contribution in [1.82, 2.24) is 5.32 Å². The molecule has 0 aliphatic heterocycles. The Morgan fingerprint density at radius 1 is 0.661 bits per heavy atom. The maximum Gasteiger partial charge on any atom is 0.253 e. The van der Waals surface area contributed by atoms with Gasteiger partial charge in [-0.15, -0.1) is 41.9 Å². The number of hydrogen-bond donors (Lipinski definition) is 2. The monoisotopic (exact) mass is 874 g/mol. The number of thiophene rings is 2. The van der Waals surface area contributed by atoms with E-state index in [-0.39, 0.29) is 11.3 Å². The molecule has 0 radical (unpaired) electrons. The maximum atomic E-state index is 13.8. The zero-order valence-electron chi connectivity index (χ0n) is 40.9. The summed E-state index contributed by atoms with van der Waals surface area (Å²) in [5.41, 5.74) is 3.75. The van der Waals surface area contributed by atoms with E-state index in [4.69, 9.17) is 17.4 Å². The summed E-state index contributed by atoms with van der Waals surface area (Å²) in [4.78, 5) is 28.0. The number of allylic oxidation sites excluding steroid dienone is 2. The molecule has 0 saturated heterocycles. The Morgan fingerprint density at radius 2 is 1.08 bits per heavy atom. The van der Waals surface area contributed by atoms with Gasteiger partial charge >= 0.3 is 0 Å². The van der Waals surface area contributed by atoms with E-state index in [0.29, 0.717) is 5.41 Å². The van der Waals surface area contributed by atoms with Crippen LogP contribution in [0.2, 0.25) is 0 Å². The van der Waals surface area contributed by atoms with Crippen LogP contribution in [0.25, 0.3) is 14.7 Å². The molecule has 6 heteroatoms. The van der Waals surface area contributed by atoms with E-state index in [1.807, 2.05) is 35.5 Å². The Labute approximate surface area is 381 Å². The van der Waals surface area contributed by atoms with E-state index in [2.05, 4.69) is 107 Å². The van der Waals surface area contributed by atoms with Crippen molar-refractivity contribution in [3.05, 3.63) is 51.2 Å². The Bertz CT molecular complexity index is 1350. The fourth-order valence-corrected chi connectivity index (χ4v) is 9.66. The fourth-order valence-electron chi connectivity index (χ4n) is 6.65. The summed E-state index contributed by atoms with van der Waals surface area (Å²) >= 11 is 8.71.